The van der Waals surface area contributed by atoms with Crippen molar-refractivity contribution in [2.45, 2.75) is 26.2 Å². The van der Waals surface area contributed by atoms with Crippen LogP contribution in [-0.4, -0.2) is 12.6 Å². The zero-order valence-electron chi connectivity index (χ0n) is 8.38. The maximum atomic E-state index is 11.3. The zero-order valence-corrected chi connectivity index (χ0v) is 9.19. The minimum atomic E-state index is -0.108. The Hall–Kier alpha value is -1.03. The summed E-state index contributed by atoms with van der Waals surface area (Å²) in [6, 6.07) is 3.69. The third kappa shape index (κ3) is 4.28. The Balaban J connectivity index is 2.11. The van der Waals surface area contributed by atoms with Crippen molar-refractivity contribution < 1.29 is 4.79 Å². The molecule has 0 fully saturated rings. The highest BCUT2D eigenvalue weighted by Crippen LogP contribution is 2.14. The van der Waals surface area contributed by atoms with Crippen LogP contribution in [0.1, 0.15) is 26.2 Å². The molecule has 78 valence electrons. The average Bonchev–Trinajstić information content (AvgIpc) is 2.65. The fourth-order valence-electron chi connectivity index (χ4n) is 1.08. The third-order valence-corrected chi connectivity index (χ3v) is 2.61. The average molecular weight is 212 g/mol. The van der Waals surface area contributed by atoms with E-state index in [1.165, 1.54) is 24.2 Å². The smallest absolute Gasteiger partial charge is 0.319 e. The molecule has 0 atom stereocenters. The van der Waals surface area contributed by atoms with Gasteiger partial charge in [-0.1, -0.05) is 19.8 Å². The van der Waals surface area contributed by atoms with Gasteiger partial charge in [-0.25, -0.2) is 4.79 Å². The Morgan fingerprint density at radius 1 is 1.50 bits per heavy atom. The molecular formula is C10H16N2OS. The molecule has 0 unspecified atom stereocenters. The second kappa shape index (κ2) is 6.43. The molecule has 0 aliphatic rings. The number of thiophene rings is 1. The van der Waals surface area contributed by atoms with Crippen LogP contribution in [0.5, 0.6) is 0 Å². The van der Waals surface area contributed by atoms with Gasteiger partial charge in [-0.15, -0.1) is 11.3 Å². The molecule has 0 aromatic carbocycles. The Morgan fingerprint density at radius 2 is 2.36 bits per heavy atom. The first-order valence-electron chi connectivity index (χ1n) is 4.91. The normalized spacial score (nSPS) is 9.79. The lowest BCUT2D eigenvalue weighted by atomic mass is 10.2. The van der Waals surface area contributed by atoms with Gasteiger partial charge >= 0.3 is 6.03 Å². The lowest BCUT2D eigenvalue weighted by Gasteiger charge is -2.04. The summed E-state index contributed by atoms with van der Waals surface area (Å²) < 4.78 is 0. The molecule has 1 aromatic rings. The molecule has 0 spiro atoms. The molecule has 0 radical (unpaired) electrons. The van der Waals surface area contributed by atoms with Crippen LogP contribution in [0.25, 0.3) is 0 Å². The van der Waals surface area contributed by atoms with Gasteiger partial charge in [-0.2, -0.15) is 0 Å². The largest absolute Gasteiger partial charge is 0.338 e. The highest BCUT2D eigenvalue weighted by molar-refractivity contribution is 7.14. The summed E-state index contributed by atoms with van der Waals surface area (Å²) in [5.74, 6) is 0. The van der Waals surface area contributed by atoms with Crippen LogP contribution in [0.2, 0.25) is 0 Å². The van der Waals surface area contributed by atoms with E-state index in [1.54, 1.807) is 0 Å². The standard InChI is InChI=1S/C10H16N2OS/c1-2-3-4-7-11-10(13)12-9-6-5-8-14-9/h5-6,8H,2-4,7H2,1H3,(H2,11,12,13). The number of carbonyl (C=O) groups excluding carboxylic acids is 1. The van der Waals surface area contributed by atoms with E-state index in [4.69, 9.17) is 0 Å². The molecule has 4 heteroatoms. The van der Waals surface area contributed by atoms with Crippen molar-refractivity contribution in [2.24, 2.45) is 0 Å². The van der Waals surface area contributed by atoms with Crippen molar-refractivity contribution in [3.05, 3.63) is 17.5 Å². The fourth-order valence-corrected chi connectivity index (χ4v) is 1.70. The van der Waals surface area contributed by atoms with Crippen molar-refractivity contribution >= 4 is 22.4 Å². The van der Waals surface area contributed by atoms with Crippen molar-refractivity contribution in [1.29, 1.82) is 0 Å². The van der Waals surface area contributed by atoms with E-state index in [-0.39, 0.29) is 6.03 Å². The van der Waals surface area contributed by atoms with Gasteiger partial charge in [-0.05, 0) is 23.9 Å². The number of amides is 2. The predicted molar refractivity (Wildman–Crippen MR) is 60.9 cm³/mol. The summed E-state index contributed by atoms with van der Waals surface area (Å²) in [7, 11) is 0. The maximum absolute atomic E-state index is 11.3. The van der Waals surface area contributed by atoms with Crippen molar-refractivity contribution in [2.75, 3.05) is 11.9 Å². The predicted octanol–water partition coefficient (Wildman–Crippen LogP) is 3.06. The first-order chi connectivity index (χ1) is 6.83. The van der Waals surface area contributed by atoms with Crippen LogP contribution >= 0.6 is 11.3 Å². The van der Waals surface area contributed by atoms with Crippen LogP contribution in [0, 0.1) is 0 Å². The number of hydrogen-bond acceptors (Lipinski definition) is 2. The highest BCUT2D eigenvalue weighted by atomic mass is 32.1. The van der Waals surface area contributed by atoms with Crippen LogP contribution in [0.4, 0.5) is 9.80 Å². The minimum absolute atomic E-state index is 0.108. The van der Waals surface area contributed by atoms with Gasteiger partial charge in [0.1, 0.15) is 0 Å². The zero-order chi connectivity index (χ0) is 10.2. The summed E-state index contributed by atoms with van der Waals surface area (Å²) in [5, 5.41) is 8.40. The monoisotopic (exact) mass is 212 g/mol. The summed E-state index contributed by atoms with van der Waals surface area (Å²) in [4.78, 5) is 11.3. The topological polar surface area (TPSA) is 41.1 Å². The first kappa shape index (κ1) is 11.0. The second-order valence-electron chi connectivity index (χ2n) is 3.07. The van der Waals surface area contributed by atoms with Crippen molar-refractivity contribution in [1.82, 2.24) is 5.32 Å². The van der Waals surface area contributed by atoms with Gasteiger partial charge in [-0.3, -0.25) is 5.32 Å². The van der Waals surface area contributed by atoms with Crippen LogP contribution in [0.3, 0.4) is 0 Å². The molecule has 1 aromatic heterocycles. The van der Waals surface area contributed by atoms with Gasteiger partial charge < -0.3 is 5.32 Å². The van der Waals surface area contributed by atoms with Gasteiger partial charge in [0, 0.05) is 6.54 Å². The molecule has 0 aliphatic carbocycles. The lowest BCUT2D eigenvalue weighted by Crippen LogP contribution is -2.29. The fraction of sp³-hybridized carbons (Fsp3) is 0.500. The summed E-state index contributed by atoms with van der Waals surface area (Å²) in [5.41, 5.74) is 0. The molecule has 3 nitrogen and oxygen atoms in total. The molecule has 1 rings (SSSR count). The van der Waals surface area contributed by atoms with Gasteiger partial charge in [0.25, 0.3) is 0 Å². The third-order valence-electron chi connectivity index (χ3n) is 1.82. The number of urea groups is 1. The molecule has 0 aliphatic heterocycles. The van der Waals surface area contributed by atoms with Gasteiger partial charge in [0.05, 0.1) is 5.00 Å². The lowest BCUT2D eigenvalue weighted by molar-refractivity contribution is 0.252. The van der Waals surface area contributed by atoms with E-state index in [0.717, 1.165) is 18.0 Å². The maximum Gasteiger partial charge on any atom is 0.319 e. The van der Waals surface area contributed by atoms with E-state index in [1.807, 2.05) is 17.5 Å². The number of rotatable bonds is 5. The summed E-state index contributed by atoms with van der Waals surface area (Å²) in [6.45, 7) is 2.90. The van der Waals surface area contributed by atoms with E-state index < -0.39 is 0 Å². The Morgan fingerprint density at radius 3 is 3.00 bits per heavy atom. The Bertz CT molecular complexity index is 259. The number of hydrogen-bond donors (Lipinski definition) is 2. The first-order valence-corrected chi connectivity index (χ1v) is 5.79. The van der Waals surface area contributed by atoms with Gasteiger partial charge in [0.2, 0.25) is 0 Å². The Labute approximate surface area is 88.5 Å². The molecule has 0 saturated carbocycles. The second-order valence-corrected chi connectivity index (χ2v) is 4.01. The molecular weight excluding hydrogens is 196 g/mol. The molecule has 0 saturated heterocycles. The molecule has 2 N–H and O–H groups in total. The Kier molecular flexibility index (Phi) is 5.07. The quantitative estimate of drug-likeness (QED) is 0.724. The molecule has 14 heavy (non-hydrogen) atoms. The van der Waals surface area contributed by atoms with Crippen molar-refractivity contribution in [3.63, 3.8) is 0 Å². The number of nitrogens with one attached hydrogen (secondary N) is 2. The number of anilines is 1. The number of unbranched alkanes of at least 4 members (excludes halogenated alkanes) is 2. The minimum Gasteiger partial charge on any atom is -0.338 e. The summed E-state index contributed by atoms with van der Waals surface area (Å²) >= 11 is 1.52. The van der Waals surface area contributed by atoms with Crippen molar-refractivity contribution in [3.8, 4) is 0 Å². The van der Waals surface area contributed by atoms with E-state index >= 15 is 0 Å². The van der Waals surface area contributed by atoms with E-state index in [9.17, 15) is 4.79 Å². The van der Waals surface area contributed by atoms with Crippen LogP contribution in [0.15, 0.2) is 17.5 Å². The highest BCUT2D eigenvalue weighted by Gasteiger charge is 1.99. The SMILES string of the molecule is CCCCCNC(=O)Nc1cccs1. The van der Waals surface area contributed by atoms with E-state index in [2.05, 4.69) is 17.6 Å². The molecule has 2 amide bonds. The molecule has 0 bridgehead atoms. The van der Waals surface area contributed by atoms with Gasteiger partial charge in [0.15, 0.2) is 0 Å². The van der Waals surface area contributed by atoms with E-state index in [0.29, 0.717) is 0 Å². The summed E-state index contributed by atoms with van der Waals surface area (Å²) in [6.07, 6.45) is 3.39. The number of carbonyl (C=O) groups is 1. The van der Waals surface area contributed by atoms with Crippen LogP contribution in [-0.2, 0) is 0 Å². The van der Waals surface area contributed by atoms with Crippen LogP contribution < -0.4 is 10.6 Å². The molecule has 1 heterocycles.